The molecule has 6 nitrogen and oxygen atoms in total. The van der Waals surface area contributed by atoms with Gasteiger partial charge in [0.25, 0.3) is 5.56 Å². The van der Waals surface area contributed by atoms with Crippen LogP contribution in [0.2, 0.25) is 0 Å². The third-order valence-corrected chi connectivity index (χ3v) is 6.66. The highest BCUT2D eigenvalue weighted by Gasteiger charge is 2.17. The maximum Gasteiger partial charge on any atom is 0.264 e. The van der Waals surface area contributed by atoms with E-state index in [1.54, 1.807) is 18.2 Å². The van der Waals surface area contributed by atoms with Crippen molar-refractivity contribution >= 4 is 21.4 Å². The molecule has 0 radical (unpaired) electrons. The summed E-state index contributed by atoms with van der Waals surface area (Å²) in [6, 6.07) is 14.1. The average Bonchev–Trinajstić information content (AvgIpc) is 3.08. The van der Waals surface area contributed by atoms with Gasteiger partial charge in [0.15, 0.2) is 0 Å². The smallest absolute Gasteiger partial charge is 0.264 e. The predicted molar refractivity (Wildman–Crippen MR) is 98.2 cm³/mol. The van der Waals surface area contributed by atoms with E-state index in [0.717, 1.165) is 16.9 Å². The van der Waals surface area contributed by atoms with Crippen LogP contribution in [0.4, 0.5) is 0 Å². The molecule has 0 bridgehead atoms. The molecule has 8 heteroatoms. The first kappa shape index (κ1) is 17.5. The first-order valence-corrected chi connectivity index (χ1v) is 9.95. The zero-order valence-electron chi connectivity index (χ0n) is 13.5. The molecule has 0 fully saturated rings. The molecule has 3 aromatic rings. The van der Waals surface area contributed by atoms with Gasteiger partial charge >= 0.3 is 0 Å². The molecular formula is C17H17N3O3S2. The SMILES string of the molecule is Cc1ccc(CCNS(=O)(=O)c2ccc(-c3ccc(=O)[nH]n3)s2)cc1. The zero-order valence-corrected chi connectivity index (χ0v) is 15.2. The fourth-order valence-corrected chi connectivity index (χ4v) is 4.59. The molecule has 0 amide bonds. The molecule has 3 rings (SSSR count). The van der Waals surface area contributed by atoms with Crippen molar-refractivity contribution in [3.63, 3.8) is 0 Å². The van der Waals surface area contributed by atoms with E-state index in [9.17, 15) is 13.2 Å². The Bertz CT molecular complexity index is 1000. The standard InChI is InChI=1S/C17H17N3O3S2/c1-12-2-4-13(5-3-12)10-11-18-25(22,23)17-9-7-15(24-17)14-6-8-16(21)20-19-14/h2-9,18H,10-11H2,1H3,(H,20,21). The Labute approximate surface area is 149 Å². The highest BCUT2D eigenvalue weighted by molar-refractivity contribution is 7.91. The number of benzene rings is 1. The van der Waals surface area contributed by atoms with Gasteiger partial charge in [0.05, 0.1) is 4.88 Å². The maximum atomic E-state index is 12.4. The van der Waals surface area contributed by atoms with Crippen molar-refractivity contribution in [2.75, 3.05) is 6.54 Å². The second kappa shape index (κ2) is 7.30. The Balaban J connectivity index is 1.67. The van der Waals surface area contributed by atoms with E-state index >= 15 is 0 Å². The van der Waals surface area contributed by atoms with Gasteiger partial charge in [0, 0.05) is 12.6 Å². The minimum Gasteiger partial charge on any atom is -0.268 e. The molecule has 0 saturated heterocycles. The van der Waals surface area contributed by atoms with Gasteiger partial charge < -0.3 is 0 Å². The van der Waals surface area contributed by atoms with Crippen molar-refractivity contribution in [3.8, 4) is 10.6 Å². The molecule has 2 heterocycles. The number of H-pyrrole nitrogens is 1. The van der Waals surface area contributed by atoms with Crippen molar-refractivity contribution in [2.24, 2.45) is 0 Å². The minimum absolute atomic E-state index is 0.222. The molecule has 0 atom stereocenters. The van der Waals surface area contributed by atoms with E-state index < -0.39 is 10.0 Å². The van der Waals surface area contributed by atoms with E-state index in [1.807, 2.05) is 31.2 Å². The van der Waals surface area contributed by atoms with Crippen LogP contribution in [0.15, 0.2) is 57.5 Å². The molecule has 0 aliphatic carbocycles. The lowest BCUT2D eigenvalue weighted by molar-refractivity contribution is 0.584. The fraction of sp³-hybridized carbons (Fsp3) is 0.176. The number of aromatic amines is 1. The van der Waals surface area contributed by atoms with Crippen LogP contribution in [0, 0.1) is 6.92 Å². The lowest BCUT2D eigenvalue weighted by Crippen LogP contribution is -2.25. The highest BCUT2D eigenvalue weighted by Crippen LogP contribution is 2.28. The van der Waals surface area contributed by atoms with E-state index in [4.69, 9.17) is 0 Å². The van der Waals surface area contributed by atoms with Gasteiger partial charge in [-0.3, -0.25) is 4.79 Å². The first-order valence-electron chi connectivity index (χ1n) is 7.65. The van der Waals surface area contributed by atoms with Gasteiger partial charge in [-0.05, 0) is 37.1 Å². The second-order valence-electron chi connectivity index (χ2n) is 5.56. The molecule has 2 aromatic heterocycles. The van der Waals surface area contributed by atoms with E-state index in [2.05, 4.69) is 14.9 Å². The van der Waals surface area contributed by atoms with E-state index in [0.29, 0.717) is 23.5 Å². The summed E-state index contributed by atoms with van der Waals surface area (Å²) in [6.07, 6.45) is 0.624. The van der Waals surface area contributed by atoms with Crippen molar-refractivity contribution in [2.45, 2.75) is 17.6 Å². The number of nitrogens with zero attached hydrogens (tertiary/aromatic N) is 1. The van der Waals surface area contributed by atoms with E-state index in [-0.39, 0.29) is 9.77 Å². The molecular weight excluding hydrogens is 358 g/mol. The van der Waals surface area contributed by atoms with Crippen LogP contribution >= 0.6 is 11.3 Å². The van der Waals surface area contributed by atoms with Crippen molar-refractivity contribution < 1.29 is 8.42 Å². The van der Waals surface area contributed by atoms with Gasteiger partial charge in [-0.25, -0.2) is 18.2 Å². The average molecular weight is 375 g/mol. The summed E-state index contributed by atoms with van der Waals surface area (Å²) in [5, 5.41) is 6.25. The quantitative estimate of drug-likeness (QED) is 0.692. The van der Waals surface area contributed by atoms with Gasteiger partial charge in [0.1, 0.15) is 9.90 Å². The fourth-order valence-electron chi connectivity index (χ4n) is 2.24. The molecule has 0 unspecified atom stereocenters. The third-order valence-electron chi connectivity index (χ3n) is 3.60. The third kappa shape index (κ3) is 4.41. The largest absolute Gasteiger partial charge is 0.268 e. The Kier molecular flexibility index (Phi) is 5.12. The Morgan fingerprint density at radius 3 is 2.52 bits per heavy atom. The summed E-state index contributed by atoms with van der Waals surface area (Å²) in [4.78, 5) is 11.7. The second-order valence-corrected chi connectivity index (χ2v) is 8.64. The number of nitrogens with one attached hydrogen (secondary N) is 2. The molecule has 130 valence electrons. The lowest BCUT2D eigenvalue weighted by atomic mass is 10.1. The van der Waals surface area contributed by atoms with Gasteiger partial charge in [-0.15, -0.1) is 11.3 Å². The number of hydrogen-bond donors (Lipinski definition) is 2. The number of thiophene rings is 1. The van der Waals surface area contributed by atoms with Crippen molar-refractivity contribution in [1.29, 1.82) is 0 Å². The zero-order chi connectivity index (χ0) is 17.9. The minimum atomic E-state index is -3.57. The Hall–Kier alpha value is -2.29. The molecule has 0 saturated carbocycles. The van der Waals surface area contributed by atoms with E-state index in [1.165, 1.54) is 11.6 Å². The highest BCUT2D eigenvalue weighted by atomic mass is 32.2. The summed E-state index contributed by atoms with van der Waals surface area (Å²) >= 11 is 1.11. The Morgan fingerprint density at radius 2 is 1.84 bits per heavy atom. The molecule has 2 N–H and O–H groups in total. The van der Waals surface area contributed by atoms with Gasteiger partial charge in [0.2, 0.25) is 10.0 Å². The van der Waals surface area contributed by atoms with Crippen LogP contribution in [0.1, 0.15) is 11.1 Å². The number of aromatic nitrogens is 2. The monoisotopic (exact) mass is 375 g/mol. The van der Waals surface area contributed by atoms with Crippen LogP contribution in [-0.2, 0) is 16.4 Å². The molecule has 1 aromatic carbocycles. The van der Waals surface area contributed by atoms with Crippen LogP contribution in [0.5, 0.6) is 0 Å². The van der Waals surface area contributed by atoms with Crippen LogP contribution in [0.25, 0.3) is 10.6 Å². The maximum absolute atomic E-state index is 12.4. The summed E-state index contributed by atoms with van der Waals surface area (Å²) in [5.41, 5.74) is 2.49. The molecule has 25 heavy (non-hydrogen) atoms. The topological polar surface area (TPSA) is 91.9 Å². The van der Waals surface area contributed by atoms with Crippen molar-refractivity contribution in [3.05, 3.63) is 70.0 Å². The van der Waals surface area contributed by atoms with Gasteiger partial charge in [-0.1, -0.05) is 29.8 Å². The molecule has 0 aliphatic rings. The van der Waals surface area contributed by atoms with Crippen LogP contribution < -0.4 is 10.3 Å². The summed E-state index contributed by atoms with van der Waals surface area (Å²) in [6.45, 7) is 2.34. The molecule has 0 spiro atoms. The summed E-state index contributed by atoms with van der Waals surface area (Å²) in [7, 11) is -3.57. The lowest BCUT2D eigenvalue weighted by Gasteiger charge is -2.05. The summed E-state index contributed by atoms with van der Waals surface area (Å²) < 4.78 is 27.6. The number of sulfonamides is 1. The van der Waals surface area contributed by atoms with Gasteiger partial charge in [-0.2, -0.15) is 5.10 Å². The Morgan fingerprint density at radius 1 is 1.08 bits per heavy atom. The number of hydrogen-bond acceptors (Lipinski definition) is 5. The summed E-state index contributed by atoms with van der Waals surface area (Å²) in [5.74, 6) is 0. The molecule has 0 aliphatic heterocycles. The normalized spacial score (nSPS) is 11.6. The van der Waals surface area contributed by atoms with Crippen LogP contribution in [-0.4, -0.2) is 25.2 Å². The number of rotatable bonds is 6. The first-order chi connectivity index (χ1) is 11.9. The number of aryl methyl sites for hydroxylation is 1. The van der Waals surface area contributed by atoms with Crippen LogP contribution in [0.3, 0.4) is 0 Å². The predicted octanol–water partition coefficient (Wildman–Crippen LogP) is 2.33. The van der Waals surface area contributed by atoms with Crippen molar-refractivity contribution in [1.82, 2.24) is 14.9 Å².